The Labute approximate surface area is 121 Å². The molecule has 0 amide bonds. The minimum atomic E-state index is 0.380. The van der Waals surface area contributed by atoms with E-state index in [0.717, 1.165) is 22.8 Å². The molecule has 5 heteroatoms. The molecule has 0 spiro atoms. The molecule has 102 valence electrons. The Morgan fingerprint density at radius 2 is 2.05 bits per heavy atom. The van der Waals surface area contributed by atoms with Crippen LogP contribution in [0.2, 0.25) is 5.02 Å². The van der Waals surface area contributed by atoms with Crippen LogP contribution in [0.25, 0.3) is 5.65 Å². The van der Waals surface area contributed by atoms with Crippen LogP contribution in [0.3, 0.4) is 0 Å². The molecule has 3 rings (SSSR count). The first-order valence-electron chi connectivity index (χ1n) is 6.15. The van der Waals surface area contributed by atoms with E-state index in [1.807, 2.05) is 53.2 Å². The third-order valence-corrected chi connectivity index (χ3v) is 3.21. The molecule has 0 bridgehead atoms. The van der Waals surface area contributed by atoms with Crippen LogP contribution in [-0.2, 0) is 6.61 Å². The van der Waals surface area contributed by atoms with Gasteiger partial charge in [-0.05, 0) is 24.3 Å². The minimum Gasteiger partial charge on any atom is -0.497 e. The van der Waals surface area contributed by atoms with Gasteiger partial charge in [0.2, 0.25) is 0 Å². The van der Waals surface area contributed by atoms with Crippen LogP contribution in [0.15, 0.2) is 48.8 Å². The van der Waals surface area contributed by atoms with Gasteiger partial charge in [-0.2, -0.15) is 0 Å². The summed E-state index contributed by atoms with van der Waals surface area (Å²) in [5.74, 6) is 1.51. The zero-order valence-corrected chi connectivity index (χ0v) is 11.7. The maximum atomic E-state index is 6.09. The van der Waals surface area contributed by atoms with Gasteiger partial charge in [0.25, 0.3) is 0 Å². The zero-order chi connectivity index (χ0) is 13.9. The lowest BCUT2D eigenvalue weighted by Crippen LogP contribution is -1.95. The Bertz CT molecular complexity index is 740. The lowest BCUT2D eigenvalue weighted by molar-refractivity contribution is 0.299. The Balaban J connectivity index is 1.78. The number of methoxy groups -OCH3 is 1. The lowest BCUT2D eigenvalue weighted by Gasteiger charge is -2.05. The summed E-state index contributed by atoms with van der Waals surface area (Å²) in [6, 6.07) is 11.2. The van der Waals surface area contributed by atoms with E-state index in [1.54, 1.807) is 7.11 Å². The highest BCUT2D eigenvalue weighted by molar-refractivity contribution is 6.33. The fourth-order valence-corrected chi connectivity index (χ4v) is 2.16. The molecule has 3 aromatic rings. The Morgan fingerprint density at radius 1 is 1.20 bits per heavy atom. The summed E-state index contributed by atoms with van der Waals surface area (Å²) in [6.07, 6.45) is 3.81. The Hall–Kier alpha value is -2.20. The molecule has 0 aliphatic carbocycles. The van der Waals surface area contributed by atoms with Crippen molar-refractivity contribution in [2.45, 2.75) is 6.61 Å². The van der Waals surface area contributed by atoms with Gasteiger partial charge in [0.1, 0.15) is 18.1 Å². The average molecular weight is 289 g/mol. The first-order chi connectivity index (χ1) is 9.76. The standard InChI is InChI=1S/C15H13ClN2O2/c1-19-12-4-2-5-13(8-12)20-10-11-9-18-7-3-6-14(16)15(18)17-11/h2-9H,10H2,1H3. The van der Waals surface area contributed by atoms with Crippen molar-refractivity contribution in [1.29, 1.82) is 0 Å². The number of fused-ring (bicyclic) bond motifs is 1. The number of ether oxygens (including phenoxy) is 2. The van der Waals surface area contributed by atoms with Gasteiger partial charge < -0.3 is 13.9 Å². The number of aromatic nitrogens is 2. The molecule has 1 aromatic carbocycles. The number of nitrogens with zero attached hydrogens (tertiary/aromatic N) is 2. The van der Waals surface area contributed by atoms with Crippen LogP contribution in [0.1, 0.15) is 5.69 Å². The summed E-state index contributed by atoms with van der Waals surface area (Å²) in [5, 5.41) is 0.625. The predicted octanol–water partition coefficient (Wildman–Crippen LogP) is 3.58. The molecular formula is C15H13ClN2O2. The zero-order valence-electron chi connectivity index (χ0n) is 10.9. The highest BCUT2D eigenvalue weighted by Crippen LogP contribution is 2.21. The number of rotatable bonds is 4. The molecule has 0 saturated heterocycles. The summed E-state index contributed by atoms with van der Waals surface area (Å²) >= 11 is 6.09. The van der Waals surface area contributed by atoms with E-state index in [-0.39, 0.29) is 0 Å². The second kappa shape index (κ2) is 5.43. The summed E-state index contributed by atoms with van der Waals surface area (Å²) in [5.41, 5.74) is 1.55. The molecule has 0 aliphatic rings. The molecule has 2 heterocycles. The van der Waals surface area contributed by atoms with Gasteiger partial charge in [-0.3, -0.25) is 0 Å². The van der Waals surface area contributed by atoms with Crippen molar-refractivity contribution in [3.63, 3.8) is 0 Å². The highest BCUT2D eigenvalue weighted by atomic mass is 35.5. The first-order valence-corrected chi connectivity index (χ1v) is 6.53. The monoisotopic (exact) mass is 288 g/mol. The van der Waals surface area contributed by atoms with E-state index < -0.39 is 0 Å². The van der Waals surface area contributed by atoms with E-state index in [0.29, 0.717) is 11.6 Å². The normalized spacial score (nSPS) is 10.7. The summed E-state index contributed by atoms with van der Waals surface area (Å²) in [4.78, 5) is 4.44. The first kappa shape index (κ1) is 12.8. The van der Waals surface area contributed by atoms with Crippen LogP contribution in [0.5, 0.6) is 11.5 Å². The largest absolute Gasteiger partial charge is 0.497 e. The fraction of sp³-hybridized carbons (Fsp3) is 0.133. The SMILES string of the molecule is COc1cccc(OCc2cn3cccc(Cl)c3n2)c1. The van der Waals surface area contributed by atoms with E-state index in [4.69, 9.17) is 21.1 Å². The van der Waals surface area contributed by atoms with E-state index >= 15 is 0 Å². The van der Waals surface area contributed by atoms with Crippen molar-refractivity contribution < 1.29 is 9.47 Å². The molecule has 4 nitrogen and oxygen atoms in total. The molecule has 0 saturated carbocycles. The maximum Gasteiger partial charge on any atom is 0.155 e. The van der Waals surface area contributed by atoms with E-state index in [1.165, 1.54) is 0 Å². The number of benzene rings is 1. The molecule has 0 N–H and O–H groups in total. The van der Waals surface area contributed by atoms with Gasteiger partial charge in [-0.25, -0.2) is 4.98 Å². The van der Waals surface area contributed by atoms with Crippen molar-refractivity contribution in [3.05, 3.63) is 59.5 Å². The molecule has 0 fully saturated rings. The lowest BCUT2D eigenvalue weighted by atomic mass is 10.3. The second-order valence-corrected chi connectivity index (χ2v) is 4.69. The Kier molecular flexibility index (Phi) is 3.48. The van der Waals surface area contributed by atoms with Gasteiger partial charge >= 0.3 is 0 Å². The fourth-order valence-electron chi connectivity index (χ4n) is 1.95. The number of hydrogen-bond acceptors (Lipinski definition) is 3. The van der Waals surface area contributed by atoms with Crippen LogP contribution in [0, 0.1) is 0 Å². The van der Waals surface area contributed by atoms with E-state index in [2.05, 4.69) is 4.98 Å². The minimum absolute atomic E-state index is 0.380. The van der Waals surface area contributed by atoms with Crippen LogP contribution in [0.4, 0.5) is 0 Å². The van der Waals surface area contributed by atoms with Crippen molar-refractivity contribution in [2.75, 3.05) is 7.11 Å². The van der Waals surface area contributed by atoms with Gasteiger partial charge in [0.15, 0.2) is 5.65 Å². The number of halogens is 1. The molecule has 0 atom stereocenters. The van der Waals surface area contributed by atoms with Crippen LogP contribution in [-0.4, -0.2) is 16.5 Å². The van der Waals surface area contributed by atoms with Crippen LogP contribution >= 0.6 is 11.6 Å². The predicted molar refractivity (Wildman–Crippen MR) is 77.5 cm³/mol. The van der Waals surface area contributed by atoms with Gasteiger partial charge in [0.05, 0.1) is 17.8 Å². The number of imidazole rings is 1. The number of pyridine rings is 1. The topological polar surface area (TPSA) is 35.8 Å². The summed E-state index contributed by atoms with van der Waals surface area (Å²) in [7, 11) is 1.63. The Morgan fingerprint density at radius 3 is 2.85 bits per heavy atom. The molecule has 0 unspecified atom stereocenters. The maximum absolute atomic E-state index is 6.09. The van der Waals surface area contributed by atoms with Crippen molar-refractivity contribution in [1.82, 2.24) is 9.38 Å². The molecule has 0 aliphatic heterocycles. The summed E-state index contributed by atoms with van der Waals surface area (Å²) < 4.78 is 12.7. The van der Waals surface area contributed by atoms with Gasteiger partial charge in [-0.15, -0.1) is 0 Å². The molecule has 2 aromatic heterocycles. The quantitative estimate of drug-likeness (QED) is 0.736. The van der Waals surface area contributed by atoms with Gasteiger partial charge in [-0.1, -0.05) is 17.7 Å². The second-order valence-electron chi connectivity index (χ2n) is 4.29. The number of hydrogen-bond donors (Lipinski definition) is 0. The molecule has 20 heavy (non-hydrogen) atoms. The third-order valence-electron chi connectivity index (χ3n) is 2.91. The molecular weight excluding hydrogens is 276 g/mol. The van der Waals surface area contributed by atoms with Crippen molar-refractivity contribution in [2.24, 2.45) is 0 Å². The third kappa shape index (κ3) is 2.56. The van der Waals surface area contributed by atoms with Crippen molar-refractivity contribution >= 4 is 17.2 Å². The molecule has 0 radical (unpaired) electrons. The van der Waals surface area contributed by atoms with Crippen molar-refractivity contribution in [3.8, 4) is 11.5 Å². The van der Waals surface area contributed by atoms with Gasteiger partial charge in [0, 0.05) is 18.5 Å². The smallest absolute Gasteiger partial charge is 0.155 e. The van der Waals surface area contributed by atoms with Crippen LogP contribution < -0.4 is 9.47 Å². The average Bonchev–Trinajstić information content (AvgIpc) is 2.90. The van der Waals surface area contributed by atoms with E-state index in [9.17, 15) is 0 Å². The highest BCUT2D eigenvalue weighted by Gasteiger charge is 2.05. The summed E-state index contributed by atoms with van der Waals surface area (Å²) in [6.45, 7) is 0.380.